The van der Waals surface area contributed by atoms with Gasteiger partial charge in [-0.15, -0.1) is 0 Å². The van der Waals surface area contributed by atoms with E-state index in [9.17, 15) is 10.1 Å². The molecule has 0 bridgehead atoms. The predicted octanol–water partition coefficient (Wildman–Crippen LogP) is 2.72. The van der Waals surface area contributed by atoms with E-state index in [4.69, 9.17) is 10.8 Å². The van der Waals surface area contributed by atoms with E-state index in [1.807, 2.05) is 4.68 Å². The van der Waals surface area contributed by atoms with Crippen LogP contribution >= 0.6 is 0 Å². The molecule has 1 heterocycles. The van der Waals surface area contributed by atoms with Crippen LogP contribution in [0.1, 0.15) is 42.6 Å². The zero-order valence-electron chi connectivity index (χ0n) is 12.7. The minimum atomic E-state index is -0.385. The first-order chi connectivity index (χ1) is 10.7. The average molecular weight is 300 g/mol. The van der Waals surface area contributed by atoms with Crippen LogP contribution in [0.3, 0.4) is 0 Å². The Kier molecular flexibility index (Phi) is 3.94. The lowest BCUT2D eigenvalue weighted by molar-refractivity contribution is -0.384. The molecule has 2 N–H and O–H groups in total. The largest absolute Gasteiger partial charge is 0.330 e. The van der Waals surface area contributed by atoms with E-state index >= 15 is 0 Å². The molecule has 0 saturated heterocycles. The van der Waals surface area contributed by atoms with E-state index in [2.05, 4.69) is 6.92 Å². The second-order valence-electron chi connectivity index (χ2n) is 5.67. The van der Waals surface area contributed by atoms with Gasteiger partial charge in [-0.2, -0.15) is 5.10 Å². The van der Waals surface area contributed by atoms with Gasteiger partial charge in [0, 0.05) is 23.4 Å². The Morgan fingerprint density at radius 3 is 2.73 bits per heavy atom. The Hall–Kier alpha value is -2.21. The Labute approximate surface area is 129 Å². The van der Waals surface area contributed by atoms with E-state index in [0.29, 0.717) is 12.5 Å². The molecule has 1 atom stereocenters. The molecule has 116 valence electrons. The normalized spacial score (nSPS) is 17.3. The van der Waals surface area contributed by atoms with Crippen molar-refractivity contribution >= 4 is 5.69 Å². The number of nitro benzene ring substituents is 1. The summed E-state index contributed by atoms with van der Waals surface area (Å²) in [6, 6.07) is 6.57. The number of rotatable bonds is 4. The molecule has 0 amide bonds. The number of aryl methyl sites for hydroxylation is 1. The maximum absolute atomic E-state index is 10.8. The molecule has 1 aromatic carbocycles. The predicted molar refractivity (Wildman–Crippen MR) is 84.3 cm³/mol. The lowest BCUT2D eigenvalue weighted by Gasteiger charge is -2.22. The summed E-state index contributed by atoms with van der Waals surface area (Å²) in [5.74, 6) is 0.380. The Morgan fingerprint density at radius 1 is 1.41 bits per heavy atom. The van der Waals surface area contributed by atoms with E-state index < -0.39 is 0 Å². The van der Waals surface area contributed by atoms with Gasteiger partial charge in [0.1, 0.15) is 0 Å². The second kappa shape index (κ2) is 5.88. The van der Waals surface area contributed by atoms with Crippen LogP contribution in [0.4, 0.5) is 5.69 Å². The van der Waals surface area contributed by atoms with Crippen LogP contribution in [0.5, 0.6) is 0 Å². The molecular formula is C16H20N4O2. The number of non-ortho nitro benzene ring substituents is 1. The first-order valence-electron chi connectivity index (χ1n) is 7.71. The summed E-state index contributed by atoms with van der Waals surface area (Å²) in [4.78, 5) is 10.4. The molecule has 0 fully saturated rings. The lowest BCUT2D eigenvalue weighted by Crippen LogP contribution is -2.19. The fourth-order valence-corrected chi connectivity index (χ4v) is 3.31. The highest BCUT2D eigenvalue weighted by Crippen LogP contribution is 2.35. The summed E-state index contributed by atoms with van der Waals surface area (Å²) in [5, 5.41) is 15.5. The van der Waals surface area contributed by atoms with Crippen molar-refractivity contribution in [1.29, 1.82) is 0 Å². The Balaban J connectivity index is 2.08. The molecule has 3 rings (SSSR count). The molecule has 2 aromatic rings. The molecule has 0 spiro atoms. The monoisotopic (exact) mass is 300 g/mol. The highest BCUT2D eigenvalue weighted by molar-refractivity contribution is 5.44. The van der Waals surface area contributed by atoms with Gasteiger partial charge in [0.2, 0.25) is 0 Å². The molecule has 1 unspecified atom stereocenters. The first kappa shape index (κ1) is 14.7. The molecule has 1 aliphatic rings. The minimum Gasteiger partial charge on any atom is -0.330 e. The van der Waals surface area contributed by atoms with Crippen LogP contribution in [0.2, 0.25) is 0 Å². The summed E-state index contributed by atoms with van der Waals surface area (Å²) < 4.78 is 1.94. The van der Waals surface area contributed by atoms with Gasteiger partial charge in [-0.05, 0) is 50.3 Å². The third-order valence-electron chi connectivity index (χ3n) is 4.40. The molecule has 1 aliphatic carbocycles. The van der Waals surface area contributed by atoms with Crippen molar-refractivity contribution in [1.82, 2.24) is 9.78 Å². The molecule has 22 heavy (non-hydrogen) atoms. The highest BCUT2D eigenvalue weighted by atomic mass is 16.6. The second-order valence-corrected chi connectivity index (χ2v) is 5.67. The standard InChI is InChI=1S/C16H20N4O2/c1-2-14-16-11(10-17)4-3-5-15(16)19(18-14)12-6-8-13(9-7-12)20(21)22/h6-9,11H,2-5,10,17H2,1H3. The van der Waals surface area contributed by atoms with Crippen molar-refractivity contribution in [2.75, 3.05) is 6.54 Å². The van der Waals surface area contributed by atoms with Crippen LogP contribution < -0.4 is 5.73 Å². The van der Waals surface area contributed by atoms with Crippen molar-refractivity contribution < 1.29 is 4.92 Å². The van der Waals surface area contributed by atoms with Gasteiger partial charge in [-0.25, -0.2) is 4.68 Å². The highest BCUT2D eigenvalue weighted by Gasteiger charge is 2.27. The summed E-state index contributed by atoms with van der Waals surface area (Å²) in [6.07, 6.45) is 4.08. The van der Waals surface area contributed by atoms with Crippen molar-refractivity contribution in [3.63, 3.8) is 0 Å². The van der Waals surface area contributed by atoms with Gasteiger partial charge in [0.15, 0.2) is 0 Å². The zero-order valence-corrected chi connectivity index (χ0v) is 12.7. The zero-order chi connectivity index (χ0) is 15.7. The van der Waals surface area contributed by atoms with Crippen LogP contribution in [0.25, 0.3) is 5.69 Å². The number of nitrogens with zero attached hydrogens (tertiary/aromatic N) is 3. The fourth-order valence-electron chi connectivity index (χ4n) is 3.31. The summed E-state index contributed by atoms with van der Waals surface area (Å²) in [5.41, 5.74) is 10.5. The SMILES string of the molecule is CCc1nn(-c2ccc([N+](=O)[O-])cc2)c2c1C(CN)CCC2. The molecule has 0 radical (unpaired) electrons. The third-order valence-corrected chi connectivity index (χ3v) is 4.40. The van der Waals surface area contributed by atoms with Crippen LogP contribution in [-0.2, 0) is 12.8 Å². The topological polar surface area (TPSA) is 87.0 Å². The summed E-state index contributed by atoms with van der Waals surface area (Å²) in [6.45, 7) is 2.75. The van der Waals surface area contributed by atoms with Crippen molar-refractivity contribution in [3.8, 4) is 5.69 Å². The molecule has 1 aromatic heterocycles. The van der Waals surface area contributed by atoms with E-state index in [-0.39, 0.29) is 10.6 Å². The number of fused-ring (bicyclic) bond motifs is 1. The van der Waals surface area contributed by atoms with Gasteiger partial charge < -0.3 is 5.73 Å². The molecular weight excluding hydrogens is 280 g/mol. The first-order valence-corrected chi connectivity index (χ1v) is 7.71. The number of benzene rings is 1. The molecule has 0 aliphatic heterocycles. The summed E-state index contributed by atoms with van der Waals surface area (Å²) in [7, 11) is 0. The fraction of sp³-hybridized carbons (Fsp3) is 0.438. The third kappa shape index (κ3) is 2.39. The van der Waals surface area contributed by atoms with E-state index in [1.165, 1.54) is 23.4 Å². The van der Waals surface area contributed by atoms with Gasteiger partial charge >= 0.3 is 0 Å². The van der Waals surface area contributed by atoms with E-state index in [0.717, 1.165) is 37.1 Å². The van der Waals surface area contributed by atoms with E-state index in [1.54, 1.807) is 12.1 Å². The average Bonchev–Trinajstić information content (AvgIpc) is 2.93. The van der Waals surface area contributed by atoms with Gasteiger partial charge in [-0.1, -0.05) is 6.92 Å². The van der Waals surface area contributed by atoms with Gasteiger partial charge in [0.25, 0.3) is 5.69 Å². The lowest BCUT2D eigenvalue weighted by atomic mass is 9.85. The maximum Gasteiger partial charge on any atom is 0.269 e. The van der Waals surface area contributed by atoms with Crippen LogP contribution in [0, 0.1) is 10.1 Å². The maximum atomic E-state index is 10.8. The summed E-state index contributed by atoms with van der Waals surface area (Å²) >= 11 is 0. The Bertz CT molecular complexity index is 691. The van der Waals surface area contributed by atoms with Gasteiger partial charge in [-0.3, -0.25) is 10.1 Å². The number of aromatic nitrogens is 2. The van der Waals surface area contributed by atoms with Crippen molar-refractivity contribution in [2.24, 2.45) is 5.73 Å². The number of nitrogens with two attached hydrogens (primary N) is 1. The minimum absolute atomic E-state index is 0.0975. The van der Waals surface area contributed by atoms with Crippen LogP contribution in [-0.4, -0.2) is 21.2 Å². The number of hydrogen-bond donors (Lipinski definition) is 1. The van der Waals surface area contributed by atoms with Crippen molar-refractivity contribution in [2.45, 2.75) is 38.5 Å². The molecule has 6 nitrogen and oxygen atoms in total. The Morgan fingerprint density at radius 2 is 2.14 bits per heavy atom. The molecule has 6 heteroatoms. The van der Waals surface area contributed by atoms with Crippen molar-refractivity contribution in [3.05, 3.63) is 51.3 Å². The number of hydrogen-bond acceptors (Lipinski definition) is 4. The molecule has 0 saturated carbocycles. The van der Waals surface area contributed by atoms with Crippen LogP contribution in [0.15, 0.2) is 24.3 Å². The number of nitro groups is 1. The smallest absolute Gasteiger partial charge is 0.269 e. The quantitative estimate of drug-likeness (QED) is 0.694. The van der Waals surface area contributed by atoms with Gasteiger partial charge in [0.05, 0.1) is 16.3 Å².